The number of furan rings is 1. The minimum atomic E-state index is 0.569. The van der Waals surface area contributed by atoms with Crippen LogP contribution in [0, 0.1) is 0 Å². The van der Waals surface area contributed by atoms with Crippen LogP contribution in [0.25, 0.3) is 138 Å². The number of rotatable bonds is 6. The Labute approximate surface area is 390 Å². The van der Waals surface area contributed by atoms with Crippen LogP contribution in [0.15, 0.2) is 235 Å². The maximum absolute atomic E-state index is 6.39. The lowest BCUT2D eigenvalue weighted by atomic mass is 9.92. The molecule has 5 heteroatoms. The maximum atomic E-state index is 6.39. The van der Waals surface area contributed by atoms with E-state index in [0.29, 0.717) is 17.5 Å². The summed E-state index contributed by atoms with van der Waals surface area (Å²) in [4.78, 5) is 15.9. The van der Waals surface area contributed by atoms with Crippen LogP contribution in [-0.4, -0.2) is 19.5 Å². The summed E-state index contributed by atoms with van der Waals surface area (Å²) in [5, 5.41) is 11.5. The molecule has 0 aliphatic rings. The normalized spacial score (nSPS) is 11.8. The predicted octanol–water partition coefficient (Wildman–Crippen LogP) is 16.7. The standard InChI is InChI=1S/C63H38N4O/c1-3-15-39(16-4-1)40-27-29-41(30-28-40)52-38-55(63-65-61(42-17-5-2-6-18-42)64-62(66-63)47-31-32-50-49-24-13-14-26-58(49)68-59(50)37-47)48-23-11-12-25-51(48)60(52)67-56-35-45-21-9-7-19-43(45)33-53(56)54-34-44-20-8-10-22-46(44)36-57(54)67/h1-38H. The lowest BCUT2D eigenvalue weighted by Crippen LogP contribution is -2.03. The van der Waals surface area contributed by atoms with E-state index in [-0.39, 0.29) is 0 Å². The molecule has 0 N–H and O–H groups in total. The van der Waals surface area contributed by atoms with Crippen molar-refractivity contribution in [1.29, 1.82) is 0 Å². The van der Waals surface area contributed by atoms with Gasteiger partial charge in [-0.05, 0) is 92.2 Å². The molecule has 3 aromatic heterocycles. The highest BCUT2D eigenvalue weighted by atomic mass is 16.3. The van der Waals surface area contributed by atoms with Crippen molar-refractivity contribution in [2.75, 3.05) is 0 Å². The van der Waals surface area contributed by atoms with E-state index in [2.05, 4.69) is 199 Å². The molecule has 316 valence electrons. The molecule has 0 radical (unpaired) electrons. The Morgan fingerprint density at radius 2 is 0.750 bits per heavy atom. The first-order valence-corrected chi connectivity index (χ1v) is 23.0. The SMILES string of the molecule is c1ccc(-c2ccc(-c3cc(-c4nc(-c5ccccc5)nc(-c5ccc6c(c5)oc5ccccc56)n4)c4ccccc4c3-n3c4cc5ccccc5cc4c4cc5ccccc5cc43)cc2)cc1. The zero-order valence-corrected chi connectivity index (χ0v) is 36.6. The minimum Gasteiger partial charge on any atom is -0.456 e. The van der Waals surface area contributed by atoms with Gasteiger partial charge in [0.15, 0.2) is 17.5 Å². The number of benzene rings is 11. The zero-order valence-electron chi connectivity index (χ0n) is 36.6. The average Bonchev–Trinajstić information content (AvgIpc) is 3.93. The Bertz CT molecular complexity index is 4210. The minimum absolute atomic E-state index is 0.569. The summed E-state index contributed by atoms with van der Waals surface area (Å²) in [5.74, 6) is 1.75. The van der Waals surface area contributed by atoms with Gasteiger partial charge in [0.2, 0.25) is 0 Å². The fourth-order valence-electron chi connectivity index (χ4n) is 10.3. The molecular weight excluding hydrogens is 829 g/mol. The fraction of sp³-hybridized carbons (Fsp3) is 0. The second-order valence-electron chi connectivity index (χ2n) is 17.6. The van der Waals surface area contributed by atoms with Gasteiger partial charge in [0.1, 0.15) is 11.2 Å². The van der Waals surface area contributed by atoms with Crippen LogP contribution in [0.5, 0.6) is 0 Å². The molecule has 0 saturated heterocycles. The highest BCUT2D eigenvalue weighted by molar-refractivity contribution is 6.19. The second kappa shape index (κ2) is 15.2. The van der Waals surface area contributed by atoms with E-state index < -0.39 is 0 Å². The number of fused-ring (bicyclic) bond motifs is 9. The van der Waals surface area contributed by atoms with Crippen LogP contribution in [0.2, 0.25) is 0 Å². The molecule has 0 saturated carbocycles. The third-order valence-corrected chi connectivity index (χ3v) is 13.6. The summed E-state index contributed by atoms with van der Waals surface area (Å²) < 4.78 is 8.89. The van der Waals surface area contributed by atoms with Crippen molar-refractivity contribution in [3.63, 3.8) is 0 Å². The molecule has 0 fully saturated rings. The first kappa shape index (κ1) is 38.1. The summed E-state index contributed by atoms with van der Waals surface area (Å²) in [6.07, 6.45) is 0. The van der Waals surface area contributed by atoms with E-state index in [1.807, 2.05) is 36.4 Å². The number of hydrogen-bond donors (Lipinski definition) is 0. The lowest BCUT2D eigenvalue weighted by molar-refractivity contribution is 0.669. The summed E-state index contributed by atoms with van der Waals surface area (Å²) in [6, 6.07) is 82.0. The number of aromatic nitrogens is 4. The monoisotopic (exact) mass is 866 g/mol. The molecule has 0 spiro atoms. The molecule has 0 bridgehead atoms. The van der Waals surface area contributed by atoms with Gasteiger partial charge in [0.05, 0.1) is 16.7 Å². The Morgan fingerprint density at radius 3 is 1.41 bits per heavy atom. The lowest BCUT2D eigenvalue weighted by Gasteiger charge is -2.20. The van der Waals surface area contributed by atoms with Gasteiger partial charge in [-0.25, -0.2) is 15.0 Å². The van der Waals surface area contributed by atoms with E-state index in [9.17, 15) is 0 Å². The molecule has 11 aromatic carbocycles. The fourth-order valence-corrected chi connectivity index (χ4v) is 10.3. The first-order chi connectivity index (χ1) is 33.7. The van der Waals surface area contributed by atoms with Crippen molar-refractivity contribution >= 4 is 76.1 Å². The van der Waals surface area contributed by atoms with Crippen LogP contribution < -0.4 is 0 Å². The second-order valence-corrected chi connectivity index (χ2v) is 17.6. The maximum Gasteiger partial charge on any atom is 0.164 e. The summed E-state index contributed by atoms with van der Waals surface area (Å²) >= 11 is 0. The summed E-state index contributed by atoms with van der Waals surface area (Å²) in [7, 11) is 0. The van der Waals surface area contributed by atoms with Gasteiger partial charge < -0.3 is 8.98 Å². The van der Waals surface area contributed by atoms with Gasteiger partial charge in [0.25, 0.3) is 0 Å². The van der Waals surface area contributed by atoms with Crippen LogP contribution in [0.4, 0.5) is 0 Å². The molecule has 0 unspecified atom stereocenters. The number of nitrogens with zero attached hydrogens (tertiary/aromatic N) is 4. The molecule has 3 heterocycles. The van der Waals surface area contributed by atoms with E-state index in [0.717, 1.165) is 82.8 Å². The van der Waals surface area contributed by atoms with Gasteiger partial charge in [-0.1, -0.05) is 182 Å². The van der Waals surface area contributed by atoms with Gasteiger partial charge in [-0.3, -0.25) is 0 Å². The van der Waals surface area contributed by atoms with Crippen LogP contribution >= 0.6 is 0 Å². The van der Waals surface area contributed by atoms with E-state index in [1.54, 1.807) is 0 Å². The number of para-hydroxylation sites is 1. The largest absolute Gasteiger partial charge is 0.456 e. The van der Waals surface area contributed by atoms with Gasteiger partial charge in [0, 0.05) is 49.2 Å². The van der Waals surface area contributed by atoms with Gasteiger partial charge in [-0.15, -0.1) is 0 Å². The zero-order chi connectivity index (χ0) is 44.7. The summed E-state index contributed by atoms with van der Waals surface area (Å²) in [6.45, 7) is 0. The molecule has 0 amide bonds. The van der Waals surface area contributed by atoms with Crippen molar-refractivity contribution in [1.82, 2.24) is 19.5 Å². The third-order valence-electron chi connectivity index (χ3n) is 13.6. The van der Waals surface area contributed by atoms with Crippen LogP contribution in [-0.2, 0) is 0 Å². The van der Waals surface area contributed by atoms with Crippen LogP contribution in [0.3, 0.4) is 0 Å². The van der Waals surface area contributed by atoms with E-state index in [4.69, 9.17) is 19.4 Å². The van der Waals surface area contributed by atoms with Crippen molar-refractivity contribution < 1.29 is 4.42 Å². The van der Waals surface area contributed by atoms with Gasteiger partial charge in [-0.2, -0.15) is 0 Å². The highest BCUT2D eigenvalue weighted by Gasteiger charge is 2.24. The first-order valence-electron chi connectivity index (χ1n) is 23.0. The smallest absolute Gasteiger partial charge is 0.164 e. The molecule has 14 rings (SSSR count). The number of hydrogen-bond acceptors (Lipinski definition) is 4. The van der Waals surface area contributed by atoms with Crippen LogP contribution in [0.1, 0.15) is 0 Å². The van der Waals surface area contributed by atoms with Crippen molar-refractivity contribution in [3.8, 4) is 62.1 Å². The average molecular weight is 867 g/mol. The van der Waals surface area contributed by atoms with Crippen molar-refractivity contribution in [2.45, 2.75) is 0 Å². The van der Waals surface area contributed by atoms with E-state index in [1.165, 1.54) is 37.9 Å². The van der Waals surface area contributed by atoms with Gasteiger partial charge >= 0.3 is 0 Å². The molecule has 0 aliphatic carbocycles. The summed E-state index contributed by atoms with van der Waals surface area (Å²) in [5.41, 5.74) is 12.1. The van der Waals surface area contributed by atoms with Crippen molar-refractivity contribution in [3.05, 3.63) is 231 Å². The third kappa shape index (κ3) is 6.14. The molecule has 5 nitrogen and oxygen atoms in total. The highest BCUT2D eigenvalue weighted by Crippen LogP contribution is 2.45. The quantitative estimate of drug-likeness (QED) is 0.167. The van der Waals surface area contributed by atoms with E-state index >= 15 is 0 Å². The Hall–Kier alpha value is -9.19. The van der Waals surface area contributed by atoms with Crippen molar-refractivity contribution in [2.24, 2.45) is 0 Å². The topological polar surface area (TPSA) is 56.7 Å². The molecule has 68 heavy (non-hydrogen) atoms. The molecular formula is C63H38N4O. The molecule has 0 aliphatic heterocycles. The Kier molecular flexibility index (Phi) is 8.52. The molecule has 0 atom stereocenters. The predicted molar refractivity (Wildman–Crippen MR) is 281 cm³/mol. The molecule has 14 aromatic rings. The Morgan fingerprint density at radius 1 is 0.279 bits per heavy atom. The Balaban J connectivity index is 1.08.